The monoisotopic (exact) mass is 357 g/mol. The van der Waals surface area contributed by atoms with Crippen molar-refractivity contribution < 1.29 is 19.1 Å². The zero-order valence-electron chi connectivity index (χ0n) is 16.7. The van der Waals surface area contributed by atoms with E-state index in [1.54, 1.807) is 0 Å². The molecule has 25 heavy (non-hydrogen) atoms. The molecule has 0 atom stereocenters. The molecule has 0 spiro atoms. The second-order valence-corrected chi connectivity index (χ2v) is 6.56. The van der Waals surface area contributed by atoms with Crippen LogP contribution in [-0.4, -0.2) is 36.8 Å². The van der Waals surface area contributed by atoms with Gasteiger partial charge in [-0.2, -0.15) is 0 Å². The molecule has 0 radical (unpaired) electrons. The highest BCUT2D eigenvalue weighted by atomic mass is 16.6. The third-order valence-electron chi connectivity index (χ3n) is 4.12. The van der Waals surface area contributed by atoms with Crippen molar-refractivity contribution in [2.45, 2.75) is 97.8 Å². The smallest absolute Gasteiger partial charge is 0.419 e. The van der Waals surface area contributed by atoms with E-state index in [-0.39, 0.29) is 0 Å². The van der Waals surface area contributed by atoms with Crippen LogP contribution in [0.2, 0.25) is 0 Å². The van der Waals surface area contributed by atoms with Gasteiger partial charge < -0.3 is 9.47 Å². The van der Waals surface area contributed by atoms with Crippen LogP contribution in [0.3, 0.4) is 0 Å². The van der Waals surface area contributed by atoms with Crippen LogP contribution < -0.4 is 0 Å². The van der Waals surface area contributed by atoms with Gasteiger partial charge in [-0.3, -0.25) is 0 Å². The van der Waals surface area contributed by atoms with Crippen LogP contribution in [0.1, 0.15) is 97.8 Å². The van der Waals surface area contributed by atoms with Gasteiger partial charge in [0.1, 0.15) is 0 Å². The fourth-order valence-corrected chi connectivity index (χ4v) is 2.49. The molecule has 0 saturated heterocycles. The SMILES string of the molecule is CCCCCCOC(=O)N(CCCCCC)C(=O)OCCCCCC. The van der Waals surface area contributed by atoms with E-state index in [9.17, 15) is 9.59 Å². The molecule has 0 saturated carbocycles. The summed E-state index contributed by atoms with van der Waals surface area (Å²) in [6, 6.07) is 0. The summed E-state index contributed by atoms with van der Waals surface area (Å²) < 4.78 is 10.5. The van der Waals surface area contributed by atoms with E-state index >= 15 is 0 Å². The lowest BCUT2D eigenvalue weighted by Gasteiger charge is -2.20. The zero-order chi connectivity index (χ0) is 18.8. The van der Waals surface area contributed by atoms with Crippen molar-refractivity contribution in [2.24, 2.45) is 0 Å². The summed E-state index contributed by atoms with van der Waals surface area (Å²) in [5.74, 6) is 0. The molecular weight excluding hydrogens is 318 g/mol. The summed E-state index contributed by atoms with van der Waals surface area (Å²) in [6.45, 7) is 7.53. The van der Waals surface area contributed by atoms with Gasteiger partial charge in [0.2, 0.25) is 0 Å². The summed E-state index contributed by atoms with van der Waals surface area (Å²) >= 11 is 0. The van der Waals surface area contributed by atoms with Gasteiger partial charge in [-0.1, -0.05) is 78.6 Å². The average molecular weight is 358 g/mol. The van der Waals surface area contributed by atoms with Crippen LogP contribution in [-0.2, 0) is 9.47 Å². The summed E-state index contributed by atoms with van der Waals surface area (Å²) in [5.41, 5.74) is 0. The molecule has 5 nitrogen and oxygen atoms in total. The molecule has 0 heterocycles. The Balaban J connectivity index is 4.26. The summed E-state index contributed by atoms with van der Waals surface area (Å²) in [7, 11) is 0. The number of carbonyl (C=O) groups excluding carboxylic acids is 2. The number of ether oxygens (including phenoxy) is 2. The van der Waals surface area contributed by atoms with Crippen LogP contribution in [0.4, 0.5) is 9.59 Å². The summed E-state index contributed by atoms with van der Waals surface area (Å²) in [5, 5.41) is 0. The third-order valence-corrected chi connectivity index (χ3v) is 4.12. The van der Waals surface area contributed by atoms with Crippen LogP contribution >= 0.6 is 0 Å². The van der Waals surface area contributed by atoms with E-state index in [1.807, 2.05) is 0 Å². The van der Waals surface area contributed by atoms with E-state index in [1.165, 1.54) is 0 Å². The topological polar surface area (TPSA) is 55.8 Å². The third kappa shape index (κ3) is 13.7. The van der Waals surface area contributed by atoms with Crippen LogP contribution in [0.5, 0.6) is 0 Å². The molecule has 5 heteroatoms. The fourth-order valence-electron chi connectivity index (χ4n) is 2.49. The average Bonchev–Trinajstić information content (AvgIpc) is 2.61. The van der Waals surface area contributed by atoms with Crippen LogP contribution in [0.25, 0.3) is 0 Å². The Kier molecular flexibility index (Phi) is 16.7. The van der Waals surface area contributed by atoms with E-state index in [0.29, 0.717) is 19.8 Å². The van der Waals surface area contributed by atoms with Gasteiger partial charge in [-0.25, -0.2) is 14.5 Å². The van der Waals surface area contributed by atoms with E-state index in [4.69, 9.17) is 9.47 Å². The van der Waals surface area contributed by atoms with Crippen molar-refractivity contribution in [3.8, 4) is 0 Å². The number of nitrogens with zero attached hydrogens (tertiary/aromatic N) is 1. The minimum absolute atomic E-state index is 0.369. The highest BCUT2D eigenvalue weighted by Crippen LogP contribution is 2.08. The van der Waals surface area contributed by atoms with Crippen LogP contribution in [0, 0.1) is 0 Å². The predicted molar refractivity (Wildman–Crippen MR) is 102 cm³/mol. The minimum Gasteiger partial charge on any atom is -0.449 e. The number of hydrogen-bond acceptors (Lipinski definition) is 4. The molecule has 0 bridgehead atoms. The van der Waals surface area contributed by atoms with Gasteiger partial charge in [-0.05, 0) is 19.3 Å². The van der Waals surface area contributed by atoms with Crippen molar-refractivity contribution in [2.75, 3.05) is 19.8 Å². The van der Waals surface area contributed by atoms with Gasteiger partial charge in [0.25, 0.3) is 0 Å². The Hall–Kier alpha value is -1.26. The Morgan fingerprint density at radius 1 is 0.600 bits per heavy atom. The largest absolute Gasteiger partial charge is 0.449 e. The Bertz CT molecular complexity index is 308. The first kappa shape index (κ1) is 23.7. The highest BCUT2D eigenvalue weighted by molar-refractivity contribution is 5.87. The fraction of sp³-hybridized carbons (Fsp3) is 0.900. The first-order chi connectivity index (χ1) is 12.2. The molecule has 0 aromatic rings. The molecule has 0 unspecified atom stereocenters. The van der Waals surface area contributed by atoms with E-state index in [0.717, 1.165) is 81.9 Å². The molecule has 0 N–H and O–H groups in total. The van der Waals surface area contributed by atoms with Crippen LogP contribution in [0.15, 0.2) is 0 Å². The lowest BCUT2D eigenvalue weighted by molar-refractivity contribution is 0.0742. The summed E-state index contributed by atoms with van der Waals surface area (Å²) in [6.07, 6.45) is 11.2. The molecule has 0 aliphatic carbocycles. The number of unbranched alkanes of at least 4 members (excludes halogenated alkanes) is 9. The molecule has 0 rings (SSSR count). The molecule has 2 amide bonds. The van der Waals surface area contributed by atoms with Gasteiger partial charge in [0, 0.05) is 6.54 Å². The Morgan fingerprint density at radius 3 is 1.40 bits per heavy atom. The molecule has 0 fully saturated rings. The van der Waals surface area contributed by atoms with Crippen molar-refractivity contribution in [3.63, 3.8) is 0 Å². The predicted octanol–water partition coefficient (Wildman–Crippen LogP) is 6.30. The van der Waals surface area contributed by atoms with Gasteiger partial charge in [-0.15, -0.1) is 0 Å². The second-order valence-electron chi connectivity index (χ2n) is 6.56. The van der Waals surface area contributed by atoms with Gasteiger partial charge in [0.15, 0.2) is 0 Å². The lowest BCUT2D eigenvalue weighted by Crippen LogP contribution is -2.38. The van der Waals surface area contributed by atoms with Gasteiger partial charge in [0.05, 0.1) is 13.2 Å². The van der Waals surface area contributed by atoms with E-state index in [2.05, 4.69) is 20.8 Å². The highest BCUT2D eigenvalue weighted by Gasteiger charge is 2.23. The number of hydrogen-bond donors (Lipinski definition) is 0. The molecule has 0 aliphatic heterocycles. The maximum Gasteiger partial charge on any atom is 0.419 e. The zero-order valence-corrected chi connectivity index (χ0v) is 16.7. The number of imide groups is 1. The maximum absolute atomic E-state index is 12.2. The first-order valence-electron chi connectivity index (χ1n) is 10.3. The van der Waals surface area contributed by atoms with E-state index < -0.39 is 12.2 Å². The summed E-state index contributed by atoms with van der Waals surface area (Å²) in [4.78, 5) is 25.6. The number of carbonyl (C=O) groups is 2. The Labute approximate surface area is 154 Å². The minimum atomic E-state index is -0.563. The molecule has 148 valence electrons. The first-order valence-corrected chi connectivity index (χ1v) is 10.3. The second kappa shape index (κ2) is 17.6. The van der Waals surface area contributed by atoms with Crippen molar-refractivity contribution in [1.82, 2.24) is 4.90 Å². The van der Waals surface area contributed by atoms with Crippen molar-refractivity contribution >= 4 is 12.2 Å². The molecule has 0 aliphatic rings. The van der Waals surface area contributed by atoms with Crippen molar-refractivity contribution in [3.05, 3.63) is 0 Å². The van der Waals surface area contributed by atoms with Crippen molar-refractivity contribution in [1.29, 1.82) is 0 Å². The quantitative estimate of drug-likeness (QED) is 0.323. The normalized spacial score (nSPS) is 10.5. The molecular formula is C20H39NO4. The lowest BCUT2D eigenvalue weighted by atomic mass is 10.2. The number of rotatable bonds is 15. The molecule has 0 aromatic carbocycles. The number of amides is 2. The van der Waals surface area contributed by atoms with Gasteiger partial charge >= 0.3 is 12.2 Å². The standard InChI is InChI=1S/C20H39NO4/c1-4-7-10-13-16-21(19(22)24-17-14-11-8-5-2)20(23)25-18-15-12-9-6-3/h4-18H2,1-3H3. The Morgan fingerprint density at radius 2 is 1.00 bits per heavy atom. The molecule has 0 aromatic heterocycles. The maximum atomic E-state index is 12.2.